The average molecular weight is 290 g/mol. The Morgan fingerprint density at radius 3 is 2.67 bits per heavy atom. The third-order valence-electron chi connectivity index (χ3n) is 4.44. The minimum atomic E-state index is 0.432. The Hall–Kier alpha value is -1.06. The summed E-state index contributed by atoms with van der Waals surface area (Å²) < 4.78 is 5.60. The molecule has 2 unspecified atom stereocenters. The zero-order chi connectivity index (χ0) is 15.2. The molecule has 0 amide bonds. The fourth-order valence-electron chi connectivity index (χ4n) is 3.14. The van der Waals surface area contributed by atoms with Gasteiger partial charge in [0.05, 0.1) is 6.61 Å². The zero-order valence-corrected chi connectivity index (χ0v) is 14.0. The van der Waals surface area contributed by atoms with E-state index in [4.69, 9.17) is 4.74 Å². The van der Waals surface area contributed by atoms with Gasteiger partial charge in [0.2, 0.25) is 0 Å². The van der Waals surface area contributed by atoms with Gasteiger partial charge >= 0.3 is 0 Å². The first-order valence-corrected chi connectivity index (χ1v) is 8.41. The van der Waals surface area contributed by atoms with Gasteiger partial charge in [-0.3, -0.25) is 0 Å². The maximum absolute atomic E-state index is 5.60. The fraction of sp³-hybridized carbons (Fsp3) is 0.667. The Bertz CT molecular complexity index is 443. The van der Waals surface area contributed by atoms with E-state index in [1.807, 2.05) is 0 Å². The van der Waals surface area contributed by atoms with Crippen LogP contribution in [0.3, 0.4) is 0 Å². The summed E-state index contributed by atoms with van der Waals surface area (Å²) in [5.41, 5.74) is 2.76. The lowest BCUT2D eigenvalue weighted by Crippen LogP contribution is -2.40. The molecule has 0 aromatic heterocycles. The highest BCUT2D eigenvalue weighted by atomic mass is 16.5. The minimum Gasteiger partial charge on any atom is -0.493 e. The van der Waals surface area contributed by atoms with Gasteiger partial charge in [0.15, 0.2) is 0 Å². The summed E-state index contributed by atoms with van der Waals surface area (Å²) in [6, 6.07) is 7.61. The molecule has 21 heavy (non-hydrogen) atoms. The molecule has 1 aromatic carbocycles. The first kappa shape index (κ1) is 16.3. The van der Waals surface area contributed by atoms with Crippen LogP contribution in [0, 0.1) is 0 Å². The molecule has 0 saturated heterocycles. The number of nitrogens with zero attached hydrogens (tertiary/aromatic N) is 1. The molecule has 1 N–H and O–H groups in total. The van der Waals surface area contributed by atoms with Crippen LogP contribution in [-0.4, -0.2) is 37.2 Å². The predicted molar refractivity (Wildman–Crippen MR) is 89.1 cm³/mol. The molecule has 0 fully saturated rings. The quantitative estimate of drug-likeness (QED) is 0.794. The molecule has 0 spiro atoms. The number of rotatable bonds is 8. The summed E-state index contributed by atoms with van der Waals surface area (Å²) in [5.74, 6) is 1.07. The van der Waals surface area contributed by atoms with E-state index >= 15 is 0 Å². The maximum atomic E-state index is 5.60. The van der Waals surface area contributed by atoms with Crippen LogP contribution in [0.15, 0.2) is 18.2 Å². The zero-order valence-electron chi connectivity index (χ0n) is 14.0. The summed E-state index contributed by atoms with van der Waals surface area (Å²) in [6.07, 6.45) is 2.16. The van der Waals surface area contributed by atoms with Crippen molar-refractivity contribution in [1.82, 2.24) is 10.2 Å². The molecule has 0 saturated carbocycles. The van der Waals surface area contributed by atoms with Gasteiger partial charge in [0, 0.05) is 25.0 Å². The Labute approximate surface area is 129 Å². The molecular formula is C18H30N2O. The van der Waals surface area contributed by atoms with Gasteiger partial charge in [0.25, 0.3) is 0 Å². The van der Waals surface area contributed by atoms with Gasteiger partial charge in [0.1, 0.15) is 5.75 Å². The average Bonchev–Trinajstić information content (AvgIpc) is 2.97. The van der Waals surface area contributed by atoms with Crippen LogP contribution < -0.4 is 10.1 Å². The molecule has 2 atom stereocenters. The van der Waals surface area contributed by atoms with Crippen LogP contribution in [0.5, 0.6) is 5.75 Å². The molecule has 1 heterocycles. The monoisotopic (exact) mass is 290 g/mol. The number of likely N-dealkylation sites (N-methyl/N-ethyl adjacent to an activating group) is 1. The highest BCUT2D eigenvalue weighted by Gasteiger charge is 2.18. The van der Waals surface area contributed by atoms with Gasteiger partial charge in [-0.05, 0) is 43.6 Å². The van der Waals surface area contributed by atoms with Crippen LogP contribution in [-0.2, 0) is 6.42 Å². The van der Waals surface area contributed by atoms with Crippen molar-refractivity contribution in [3.63, 3.8) is 0 Å². The number of benzene rings is 1. The van der Waals surface area contributed by atoms with Gasteiger partial charge in [-0.2, -0.15) is 0 Å². The first-order valence-electron chi connectivity index (χ1n) is 8.41. The van der Waals surface area contributed by atoms with Crippen molar-refractivity contribution in [2.75, 3.05) is 26.2 Å². The lowest BCUT2D eigenvalue weighted by atomic mass is 10.00. The van der Waals surface area contributed by atoms with E-state index in [0.717, 1.165) is 44.8 Å². The van der Waals surface area contributed by atoms with Crippen LogP contribution in [0.2, 0.25) is 0 Å². The smallest absolute Gasteiger partial charge is 0.122 e. The van der Waals surface area contributed by atoms with Crippen molar-refractivity contribution in [1.29, 1.82) is 0 Å². The normalized spacial score (nSPS) is 16.6. The van der Waals surface area contributed by atoms with Crippen LogP contribution in [0.25, 0.3) is 0 Å². The van der Waals surface area contributed by atoms with Crippen molar-refractivity contribution in [3.8, 4) is 5.75 Å². The molecule has 3 heteroatoms. The second kappa shape index (κ2) is 7.81. The van der Waals surface area contributed by atoms with Crippen LogP contribution >= 0.6 is 0 Å². The third-order valence-corrected chi connectivity index (χ3v) is 4.44. The molecular weight excluding hydrogens is 260 g/mol. The molecule has 1 aliphatic heterocycles. The number of hydrogen-bond acceptors (Lipinski definition) is 3. The van der Waals surface area contributed by atoms with E-state index in [2.05, 4.69) is 56.1 Å². The second-order valence-electron chi connectivity index (χ2n) is 5.98. The molecule has 0 aliphatic carbocycles. The summed E-state index contributed by atoms with van der Waals surface area (Å²) >= 11 is 0. The minimum absolute atomic E-state index is 0.432. The van der Waals surface area contributed by atoms with E-state index in [1.165, 1.54) is 11.1 Å². The Balaban J connectivity index is 1.99. The fourth-order valence-corrected chi connectivity index (χ4v) is 3.14. The lowest BCUT2D eigenvalue weighted by molar-refractivity contribution is 0.260. The van der Waals surface area contributed by atoms with E-state index < -0.39 is 0 Å². The molecule has 1 aliphatic rings. The highest BCUT2D eigenvalue weighted by Crippen LogP contribution is 2.29. The lowest BCUT2D eigenvalue weighted by Gasteiger charge is -2.27. The van der Waals surface area contributed by atoms with Crippen molar-refractivity contribution in [2.45, 2.75) is 52.6 Å². The Morgan fingerprint density at radius 2 is 2.00 bits per heavy atom. The summed E-state index contributed by atoms with van der Waals surface area (Å²) in [6.45, 7) is 13.2. The number of fused-ring (bicyclic) bond motifs is 1. The number of nitrogens with one attached hydrogen (secondary N) is 1. The predicted octanol–water partition coefficient (Wildman–Crippen LogP) is 3.39. The van der Waals surface area contributed by atoms with E-state index in [0.29, 0.717) is 12.1 Å². The van der Waals surface area contributed by atoms with Crippen LogP contribution in [0.1, 0.15) is 51.3 Å². The van der Waals surface area contributed by atoms with E-state index in [1.54, 1.807) is 0 Å². The topological polar surface area (TPSA) is 24.5 Å². The molecule has 0 bridgehead atoms. The summed E-state index contributed by atoms with van der Waals surface area (Å²) in [5, 5.41) is 3.79. The highest BCUT2D eigenvalue weighted by molar-refractivity contribution is 5.40. The first-order chi connectivity index (χ1) is 10.2. The largest absolute Gasteiger partial charge is 0.493 e. The van der Waals surface area contributed by atoms with Crippen LogP contribution in [0.4, 0.5) is 0 Å². The van der Waals surface area contributed by atoms with Gasteiger partial charge in [-0.25, -0.2) is 0 Å². The number of ether oxygens (including phenoxy) is 1. The van der Waals surface area contributed by atoms with Gasteiger partial charge in [-0.15, -0.1) is 0 Å². The number of hydrogen-bond donors (Lipinski definition) is 1. The summed E-state index contributed by atoms with van der Waals surface area (Å²) in [7, 11) is 0. The van der Waals surface area contributed by atoms with E-state index in [-0.39, 0.29) is 0 Å². The molecule has 0 radical (unpaired) electrons. The van der Waals surface area contributed by atoms with Crippen molar-refractivity contribution < 1.29 is 4.74 Å². The summed E-state index contributed by atoms with van der Waals surface area (Å²) in [4.78, 5) is 2.47. The Kier molecular flexibility index (Phi) is 6.07. The van der Waals surface area contributed by atoms with Crippen molar-refractivity contribution >= 4 is 0 Å². The standard InChI is InChI=1S/C18H30N2O/c1-5-17(19-14(4)13-20(6-2)7-3)15-8-9-18-16(12-15)10-11-21-18/h8-9,12,14,17,19H,5-7,10-11,13H2,1-4H3. The Morgan fingerprint density at radius 1 is 1.24 bits per heavy atom. The molecule has 2 rings (SSSR count). The SMILES string of the molecule is CCC(NC(C)CN(CC)CC)c1ccc2c(c1)CCO2. The van der Waals surface area contributed by atoms with E-state index in [9.17, 15) is 0 Å². The third kappa shape index (κ3) is 4.21. The molecule has 1 aromatic rings. The molecule has 3 nitrogen and oxygen atoms in total. The molecule has 118 valence electrons. The van der Waals surface area contributed by atoms with Gasteiger partial charge in [-0.1, -0.05) is 32.9 Å². The van der Waals surface area contributed by atoms with Crippen molar-refractivity contribution in [3.05, 3.63) is 29.3 Å². The van der Waals surface area contributed by atoms with Crippen molar-refractivity contribution in [2.24, 2.45) is 0 Å². The van der Waals surface area contributed by atoms with Gasteiger partial charge < -0.3 is 15.0 Å². The maximum Gasteiger partial charge on any atom is 0.122 e. The second-order valence-corrected chi connectivity index (χ2v) is 5.98.